The van der Waals surface area contributed by atoms with Crippen LogP contribution in [-0.4, -0.2) is 26.4 Å². The minimum Gasteiger partial charge on any atom is -0.352 e. The smallest absolute Gasteiger partial charge is 0.242 e. The fourth-order valence-electron chi connectivity index (χ4n) is 1.50. The van der Waals surface area contributed by atoms with Gasteiger partial charge in [0.15, 0.2) is 0 Å². The van der Waals surface area contributed by atoms with Crippen LogP contribution in [0.15, 0.2) is 23.1 Å². The number of amides is 1. The monoisotopic (exact) mass is 352 g/mol. The Kier molecular flexibility index (Phi) is 6.46. The van der Waals surface area contributed by atoms with E-state index < -0.39 is 22.0 Å². The van der Waals surface area contributed by atoms with Crippen molar-refractivity contribution in [3.63, 3.8) is 0 Å². The molecule has 0 bridgehead atoms. The summed E-state index contributed by atoms with van der Waals surface area (Å²) in [5.74, 6) is -0.397. The summed E-state index contributed by atoms with van der Waals surface area (Å²) in [6, 6.07) is 3.17. The van der Waals surface area contributed by atoms with Gasteiger partial charge in [-0.3, -0.25) is 4.79 Å². The highest BCUT2D eigenvalue weighted by molar-refractivity contribution is 7.89. The second-order valence-corrected chi connectivity index (χ2v) is 7.26. The van der Waals surface area contributed by atoms with E-state index in [4.69, 9.17) is 23.2 Å². The summed E-state index contributed by atoms with van der Waals surface area (Å²) in [6.45, 7) is 5.23. The van der Waals surface area contributed by atoms with Crippen LogP contribution in [0.5, 0.6) is 0 Å². The molecular weight excluding hydrogens is 335 g/mol. The van der Waals surface area contributed by atoms with Crippen LogP contribution in [-0.2, 0) is 14.8 Å². The first-order chi connectivity index (χ1) is 9.67. The van der Waals surface area contributed by atoms with E-state index in [1.807, 2.05) is 13.8 Å². The average Bonchev–Trinajstić information content (AvgIpc) is 2.40. The van der Waals surface area contributed by atoms with Crippen molar-refractivity contribution in [2.24, 2.45) is 0 Å². The van der Waals surface area contributed by atoms with Crippen LogP contribution in [0, 0.1) is 0 Å². The van der Waals surface area contributed by atoms with Crippen molar-refractivity contribution in [2.45, 2.75) is 44.2 Å². The molecule has 0 aliphatic heterocycles. The third-order valence-corrected chi connectivity index (χ3v) is 5.17. The van der Waals surface area contributed by atoms with E-state index in [1.165, 1.54) is 25.1 Å². The second-order valence-electron chi connectivity index (χ2n) is 4.74. The number of carbonyl (C=O) groups is 1. The number of benzene rings is 1. The summed E-state index contributed by atoms with van der Waals surface area (Å²) >= 11 is 11.7. The maximum Gasteiger partial charge on any atom is 0.242 e. The number of halogens is 2. The molecule has 0 aromatic heterocycles. The standard InChI is InChI=1S/C13H18Cl2N2O3S/c1-4-8(2)16-13(18)9(3)17-21(19,20)12-7-10(14)5-6-11(12)15/h5-9,17H,4H2,1-3H3,(H,16,18)/t8-,9+/m0/s1. The summed E-state index contributed by atoms with van der Waals surface area (Å²) in [4.78, 5) is 11.7. The quantitative estimate of drug-likeness (QED) is 0.825. The molecule has 118 valence electrons. The Balaban J connectivity index is 2.90. The maximum absolute atomic E-state index is 12.2. The van der Waals surface area contributed by atoms with Crippen molar-refractivity contribution in [1.82, 2.24) is 10.0 Å². The van der Waals surface area contributed by atoms with Gasteiger partial charge in [0, 0.05) is 11.1 Å². The topological polar surface area (TPSA) is 75.3 Å². The van der Waals surface area contributed by atoms with Gasteiger partial charge in [-0.1, -0.05) is 30.1 Å². The third kappa shape index (κ3) is 5.14. The predicted octanol–water partition coefficient (Wildman–Crippen LogP) is 2.57. The highest BCUT2D eigenvalue weighted by atomic mass is 35.5. The van der Waals surface area contributed by atoms with E-state index >= 15 is 0 Å². The number of sulfonamides is 1. The summed E-state index contributed by atoms with van der Waals surface area (Å²) in [5.41, 5.74) is 0. The van der Waals surface area contributed by atoms with Gasteiger partial charge in [-0.2, -0.15) is 4.72 Å². The van der Waals surface area contributed by atoms with Crippen molar-refractivity contribution >= 4 is 39.1 Å². The molecule has 2 atom stereocenters. The van der Waals surface area contributed by atoms with Gasteiger partial charge >= 0.3 is 0 Å². The van der Waals surface area contributed by atoms with E-state index in [0.717, 1.165) is 6.42 Å². The van der Waals surface area contributed by atoms with Gasteiger partial charge in [0.2, 0.25) is 15.9 Å². The number of carbonyl (C=O) groups excluding carboxylic acids is 1. The van der Waals surface area contributed by atoms with Gasteiger partial charge in [-0.05, 0) is 38.5 Å². The van der Waals surface area contributed by atoms with Gasteiger partial charge in [-0.25, -0.2) is 8.42 Å². The first-order valence-corrected chi connectivity index (χ1v) is 8.69. The Labute approximate surface area is 135 Å². The first-order valence-electron chi connectivity index (χ1n) is 6.45. The summed E-state index contributed by atoms with van der Waals surface area (Å²) in [5, 5.41) is 2.99. The molecule has 5 nitrogen and oxygen atoms in total. The molecule has 1 amide bonds. The molecule has 21 heavy (non-hydrogen) atoms. The largest absolute Gasteiger partial charge is 0.352 e. The number of hydrogen-bond acceptors (Lipinski definition) is 3. The molecule has 0 aliphatic carbocycles. The van der Waals surface area contributed by atoms with Gasteiger partial charge in [0.05, 0.1) is 11.1 Å². The van der Waals surface area contributed by atoms with E-state index in [-0.39, 0.29) is 21.0 Å². The van der Waals surface area contributed by atoms with Crippen molar-refractivity contribution in [2.75, 3.05) is 0 Å². The van der Waals surface area contributed by atoms with Gasteiger partial charge in [0.1, 0.15) is 4.90 Å². The molecule has 1 aromatic carbocycles. The molecule has 0 aliphatic rings. The minimum absolute atomic E-state index is 0.0285. The summed E-state index contributed by atoms with van der Waals surface area (Å²) in [7, 11) is -3.93. The highest BCUT2D eigenvalue weighted by Gasteiger charge is 2.24. The molecule has 2 N–H and O–H groups in total. The minimum atomic E-state index is -3.93. The maximum atomic E-state index is 12.2. The van der Waals surface area contributed by atoms with Crippen molar-refractivity contribution in [3.05, 3.63) is 28.2 Å². The second kappa shape index (κ2) is 7.45. The molecule has 0 saturated heterocycles. The molecule has 0 heterocycles. The molecule has 0 unspecified atom stereocenters. The van der Waals surface area contributed by atoms with E-state index in [0.29, 0.717) is 0 Å². The van der Waals surface area contributed by atoms with E-state index in [2.05, 4.69) is 10.0 Å². The number of rotatable bonds is 6. The molecule has 0 fully saturated rings. The Morgan fingerprint density at radius 1 is 1.29 bits per heavy atom. The van der Waals surface area contributed by atoms with Crippen LogP contribution in [0.25, 0.3) is 0 Å². The first kappa shape index (κ1) is 18.2. The average molecular weight is 353 g/mol. The zero-order chi connectivity index (χ0) is 16.2. The van der Waals surface area contributed by atoms with E-state index in [9.17, 15) is 13.2 Å². The molecular formula is C13H18Cl2N2O3S. The van der Waals surface area contributed by atoms with Crippen LogP contribution >= 0.6 is 23.2 Å². The number of nitrogens with one attached hydrogen (secondary N) is 2. The lowest BCUT2D eigenvalue weighted by molar-refractivity contribution is -0.122. The van der Waals surface area contributed by atoms with Crippen LogP contribution in [0.3, 0.4) is 0 Å². The van der Waals surface area contributed by atoms with Gasteiger partial charge in [-0.15, -0.1) is 0 Å². The van der Waals surface area contributed by atoms with Crippen LogP contribution < -0.4 is 10.0 Å². The molecule has 1 rings (SSSR count). The lowest BCUT2D eigenvalue weighted by Gasteiger charge is -2.18. The summed E-state index contributed by atoms with van der Waals surface area (Å²) < 4.78 is 26.8. The van der Waals surface area contributed by atoms with Crippen molar-refractivity contribution < 1.29 is 13.2 Å². The van der Waals surface area contributed by atoms with E-state index in [1.54, 1.807) is 0 Å². The Morgan fingerprint density at radius 2 is 1.90 bits per heavy atom. The molecule has 0 saturated carbocycles. The Bertz CT molecular complexity index is 620. The van der Waals surface area contributed by atoms with Crippen LogP contribution in [0.1, 0.15) is 27.2 Å². The predicted molar refractivity (Wildman–Crippen MR) is 84.1 cm³/mol. The van der Waals surface area contributed by atoms with Gasteiger partial charge in [0.25, 0.3) is 0 Å². The highest BCUT2D eigenvalue weighted by Crippen LogP contribution is 2.24. The molecule has 0 radical (unpaired) electrons. The summed E-state index contributed by atoms with van der Waals surface area (Å²) in [6.07, 6.45) is 0.755. The van der Waals surface area contributed by atoms with Crippen LogP contribution in [0.4, 0.5) is 0 Å². The SMILES string of the molecule is CC[C@H](C)NC(=O)[C@@H](C)NS(=O)(=O)c1cc(Cl)ccc1Cl. The molecule has 0 spiro atoms. The fourth-order valence-corrected chi connectivity index (χ4v) is 3.47. The van der Waals surface area contributed by atoms with Gasteiger partial charge < -0.3 is 5.32 Å². The lowest BCUT2D eigenvalue weighted by atomic mass is 10.2. The Hall–Kier alpha value is -0.820. The normalized spacial score (nSPS) is 14.5. The fraction of sp³-hybridized carbons (Fsp3) is 0.462. The third-order valence-electron chi connectivity index (χ3n) is 2.91. The zero-order valence-corrected chi connectivity index (χ0v) is 14.3. The van der Waals surface area contributed by atoms with Crippen LogP contribution in [0.2, 0.25) is 10.0 Å². The molecule has 1 aromatic rings. The van der Waals surface area contributed by atoms with Crippen molar-refractivity contribution in [1.29, 1.82) is 0 Å². The zero-order valence-electron chi connectivity index (χ0n) is 12.0. The number of hydrogen-bond donors (Lipinski definition) is 2. The molecule has 8 heteroatoms. The lowest BCUT2D eigenvalue weighted by Crippen LogP contribution is -2.47. The Morgan fingerprint density at radius 3 is 2.48 bits per heavy atom. The van der Waals surface area contributed by atoms with Crippen molar-refractivity contribution in [3.8, 4) is 0 Å².